The number of nitrogens with zero attached hydrogens (tertiary/aromatic N) is 1. The van der Waals surface area contributed by atoms with Crippen LogP contribution in [0, 0.1) is 0 Å². The third-order valence-corrected chi connectivity index (χ3v) is 5.16. The van der Waals surface area contributed by atoms with Crippen LogP contribution in [0.15, 0.2) is 24.3 Å². The average Bonchev–Trinajstić information content (AvgIpc) is 2.44. The van der Waals surface area contributed by atoms with Crippen molar-refractivity contribution >= 4 is 17.4 Å². The van der Waals surface area contributed by atoms with Crippen LogP contribution in [0.4, 0.5) is 5.69 Å². The molecule has 1 saturated heterocycles. The van der Waals surface area contributed by atoms with E-state index in [4.69, 9.17) is 0 Å². The van der Waals surface area contributed by atoms with E-state index in [1.54, 1.807) is 0 Å². The van der Waals surface area contributed by atoms with Crippen molar-refractivity contribution in [1.82, 2.24) is 5.32 Å². The second-order valence-corrected chi connectivity index (χ2v) is 7.62. The summed E-state index contributed by atoms with van der Waals surface area (Å²) in [4.78, 5) is 2.58. The molecule has 0 amide bonds. The summed E-state index contributed by atoms with van der Waals surface area (Å²) in [7, 11) is 0. The van der Waals surface area contributed by atoms with Crippen molar-refractivity contribution in [3.63, 3.8) is 0 Å². The second-order valence-electron chi connectivity index (χ2n) is 5.74. The normalized spacial score (nSPS) is 24.7. The fourth-order valence-electron chi connectivity index (χ4n) is 3.17. The maximum Gasteiger partial charge on any atom is 0.0415 e. The number of rotatable bonds is 5. The van der Waals surface area contributed by atoms with E-state index >= 15 is 0 Å². The van der Waals surface area contributed by atoms with Gasteiger partial charge >= 0.3 is 0 Å². The topological polar surface area (TPSA) is 15.3 Å². The molecule has 0 spiro atoms. The molecule has 1 aromatic carbocycles. The van der Waals surface area contributed by atoms with Crippen LogP contribution in [0.25, 0.3) is 0 Å². The van der Waals surface area contributed by atoms with E-state index in [0.717, 1.165) is 26.1 Å². The quantitative estimate of drug-likeness (QED) is 0.880. The Morgan fingerprint density at radius 1 is 1.20 bits per heavy atom. The van der Waals surface area contributed by atoms with Crippen molar-refractivity contribution < 1.29 is 0 Å². The van der Waals surface area contributed by atoms with Crippen LogP contribution in [0.1, 0.15) is 45.7 Å². The van der Waals surface area contributed by atoms with Gasteiger partial charge in [-0.25, -0.2) is 0 Å². The Hall–Kier alpha value is -0.670. The zero-order valence-corrected chi connectivity index (χ0v) is 14.0. The van der Waals surface area contributed by atoms with Crippen molar-refractivity contribution in [2.45, 2.75) is 50.7 Å². The largest absolute Gasteiger partial charge is 0.369 e. The van der Waals surface area contributed by atoms with Crippen LogP contribution in [-0.2, 0) is 0 Å². The first kappa shape index (κ1) is 15.7. The summed E-state index contributed by atoms with van der Waals surface area (Å²) in [5, 5.41) is 5.05. The minimum Gasteiger partial charge on any atom is -0.369 e. The first-order chi connectivity index (χ1) is 9.65. The molecule has 1 aliphatic heterocycles. The highest BCUT2D eigenvalue weighted by Crippen LogP contribution is 2.33. The number of anilines is 1. The number of hydrogen-bond acceptors (Lipinski definition) is 3. The second kappa shape index (κ2) is 7.37. The summed E-state index contributed by atoms with van der Waals surface area (Å²) in [5.74, 6) is 0. The molecule has 0 bridgehead atoms. The van der Waals surface area contributed by atoms with Gasteiger partial charge in [-0.05, 0) is 24.6 Å². The Morgan fingerprint density at radius 2 is 1.85 bits per heavy atom. The predicted octanol–water partition coefficient (Wildman–Crippen LogP) is 4.08. The lowest BCUT2D eigenvalue weighted by atomic mass is 10.0. The third-order valence-electron chi connectivity index (χ3n) is 3.93. The Balaban J connectivity index is 2.26. The lowest BCUT2D eigenvalue weighted by molar-refractivity contribution is 0.535. The number of nitrogens with one attached hydrogen (secondary N) is 1. The minimum absolute atomic E-state index is 0.469. The van der Waals surface area contributed by atoms with Crippen LogP contribution >= 0.6 is 11.8 Å². The van der Waals surface area contributed by atoms with Gasteiger partial charge in [-0.1, -0.05) is 45.9 Å². The molecule has 3 atom stereocenters. The van der Waals surface area contributed by atoms with Gasteiger partial charge in [-0.2, -0.15) is 11.8 Å². The maximum absolute atomic E-state index is 3.62. The molecule has 0 saturated carbocycles. The lowest BCUT2D eigenvalue weighted by Crippen LogP contribution is -2.41. The van der Waals surface area contributed by atoms with Crippen molar-refractivity contribution in [3.05, 3.63) is 29.8 Å². The molecule has 112 valence electrons. The minimum atomic E-state index is 0.469. The van der Waals surface area contributed by atoms with Gasteiger partial charge in [0.1, 0.15) is 0 Å². The maximum atomic E-state index is 3.62. The van der Waals surface area contributed by atoms with Crippen molar-refractivity contribution in [2.24, 2.45) is 0 Å². The molecule has 1 fully saturated rings. The summed E-state index contributed by atoms with van der Waals surface area (Å²) in [6.07, 6.45) is 1.14. The molecular formula is C17H28N2S. The molecule has 1 aromatic rings. The summed E-state index contributed by atoms with van der Waals surface area (Å²) >= 11 is 2.11. The van der Waals surface area contributed by atoms with Gasteiger partial charge in [0.2, 0.25) is 0 Å². The molecular weight excluding hydrogens is 264 g/mol. The van der Waals surface area contributed by atoms with E-state index in [9.17, 15) is 0 Å². The van der Waals surface area contributed by atoms with E-state index < -0.39 is 0 Å². The van der Waals surface area contributed by atoms with Gasteiger partial charge in [0, 0.05) is 35.3 Å². The average molecular weight is 292 g/mol. The fraction of sp³-hybridized carbons (Fsp3) is 0.647. The Labute approximate surface area is 128 Å². The predicted molar refractivity (Wildman–Crippen MR) is 91.9 cm³/mol. The Morgan fingerprint density at radius 3 is 2.45 bits per heavy atom. The molecule has 3 heteroatoms. The molecule has 0 aliphatic carbocycles. The van der Waals surface area contributed by atoms with Gasteiger partial charge in [-0.3, -0.25) is 0 Å². The first-order valence-corrected chi connectivity index (χ1v) is 8.82. The van der Waals surface area contributed by atoms with E-state index in [0.29, 0.717) is 16.5 Å². The molecule has 1 aliphatic rings. The zero-order valence-electron chi connectivity index (χ0n) is 13.2. The molecule has 0 aromatic heterocycles. The summed E-state index contributed by atoms with van der Waals surface area (Å²) in [6.45, 7) is 12.5. The van der Waals surface area contributed by atoms with Gasteiger partial charge in [0.15, 0.2) is 0 Å². The standard InChI is InChI=1S/C17H28N2S/c1-5-16(18-6-2)15-9-7-8-10-17(15)19-11-13(3)20-14(4)12-19/h7-10,13-14,16,18H,5-6,11-12H2,1-4H3. The highest BCUT2D eigenvalue weighted by atomic mass is 32.2. The van der Waals surface area contributed by atoms with Crippen LogP contribution in [0.5, 0.6) is 0 Å². The van der Waals surface area contributed by atoms with Gasteiger partial charge < -0.3 is 10.2 Å². The fourth-order valence-corrected chi connectivity index (χ4v) is 4.49. The number of hydrogen-bond donors (Lipinski definition) is 1. The van der Waals surface area contributed by atoms with E-state index in [-0.39, 0.29) is 0 Å². The SMILES string of the molecule is CCNC(CC)c1ccccc1N1CC(C)SC(C)C1. The van der Waals surface area contributed by atoms with Crippen molar-refractivity contribution in [1.29, 1.82) is 0 Å². The third kappa shape index (κ3) is 3.70. The first-order valence-electron chi connectivity index (χ1n) is 7.88. The molecule has 2 nitrogen and oxygen atoms in total. The van der Waals surface area contributed by atoms with Gasteiger partial charge in [0.25, 0.3) is 0 Å². The smallest absolute Gasteiger partial charge is 0.0415 e. The molecule has 1 heterocycles. The van der Waals surface area contributed by atoms with Gasteiger partial charge in [-0.15, -0.1) is 0 Å². The van der Waals surface area contributed by atoms with E-state index in [1.807, 2.05) is 0 Å². The van der Waals surface area contributed by atoms with E-state index in [1.165, 1.54) is 11.3 Å². The highest BCUT2D eigenvalue weighted by molar-refractivity contribution is 8.00. The molecule has 1 N–H and O–H groups in total. The number of thioether (sulfide) groups is 1. The zero-order chi connectivity index (χ0) is 14.5. The van der Waals surface area contributed by atoms with Crippen molar-refractivity contribution in [3.8, 4) is 0 Å². The van der Waals surface area contributed by atoms with Crippen LogP contribution in [0.3, 0.4) is 0 Å². The Kier molecular flexibility index (Phi) is 5.79. The van der Waals surface area contributed by atoms with E-state index in [2.05, 4.69) is 73.9 Å². The molecule has 20 heavy (non-hydrogen) atoms. The van der Waals surface area contributed by atoms with Crippen LogP contribution in [0.2, 0.25) is 0 Å². The molecule has 2 rings (SSSR count). The number of para-hydroxylation sites is 1. The molecule has 3 unspecified atom stereocenters. The van der Waals surface area contributed by atoms with Crippen LogP contribution in [-0.4, -0.2) is 30.1 Å². The summed E-state index contributed by atoms with van der Waals surface area (Å²) < 4.78 is 0. The van der Waals surface area contributed by atoms with Crippen molar-refractivity contribution in [2.75, 3.05) is 24.5 Å². The highest BCUT2D eigenvalue weighted by Gasteiger charge is 2.25. The number of benzene rings is 1. The Bertz CT molecular complexity index is 411. The lowest BCUT2D eigenvalue weighted by Gasteiger charge is -2.38. The monoisotopic (exact) mass is 292 g/mol. The van der Waals surface area contributed by atoms with Gasteiger partial charge in [0.05, 0.1) is 0 Å². The molecule has 0 radical (unpaired) electrons. The van der Waals surface area contributed by atoms with Crippen LogP contribution < -0.4 is 10.2 Å². The summed E-state index contributed by atoms with van der Waals surface area (Å²) in [6, 6.07) is 9.41. The summed E-state index contributed by atoms with van der Waals surface area (Å²) in [5.41, 5.74) is 2.89.